The molecule has 1 aliphatic heterocycles. The Morgan fingerprint density at radius 2 is 1.89 bits per heavy atom. The highest BCUT2D eigenvalue weighted by Crippen LogP contribution is 2.22. The van der Waals surface area contributed by atoms with Crippen LogP contribution < -0.4 is 0 Å². The number of carbonyl (C=O) groups is 1. The number of benzene rings is 1. The summed E-state index contributed by atoms with van der Waals surface area (Å²) in [5.74, 6) is -0.695. The van der Waals surface area contributed by atoms with Gasteiger partial charge in [0.25, 0.3) is 5.91 Å². The van der Waals surface area contributed by atoms with E-state index in [9.17, 15) is 9.18 Å². The zero-order chi connectivity index (χ0) is 14.0. The molecular weight excluding hydrogens is 311 g/mol. The Morgan fingerprint density at radius 3 is 2.42 bits per heavy atom. The number of halogens is 2. The van der Waals surface area contributed by atoms with Crippen LogP contribution in [0.25, 0.3) is 0 Å². The van der Waals surface area contributed by atoms with E-state index in [-0.39, 0.29) is 11.5 Å². The molecule has 1 aromatic carbocycles. The van der Waals surface area contributed by atoms with Crippen LogP contribution in [0.5, 0.6) is 0 Å². The lowest BCUT2D eigenvalue weighted by Gasteiger charge is -2.37. The third kappa shape index (κ3) is 3.15. The first-order valence-electron chi connectivity index (χ1n) is 6.48. The first kappa shape index (κ1) is 14.5. The molecule has 0 aromatic heterocycles. The lowest BCUT2D eigenvalue weighted by Crippen LogP contribution is -2.50. The molecule has 0 radical (unpaired) electrons. The van der Waals surface area contributed by atoms with E-state index in [4.69, 9.17) is 0 Å². The molecule has 1 heterocycles. The summed E-state index contributed by atoms with van der Waals surface area (Å²) in [5.41, 5.74) is 0.139. The topological polar surface area (TPSA) is 23.6 Å². The molecule has 1 amide bonds. The summed E-state index contributed by atoms with van der Waals surface area (Å²) >= 11 is 3.25. The summed E-state index contributed by atoms with van der Waals surface area (Å²) in [4.78, 5) is 16.4. The van der Waals surface area contributed by atoms with Crippen molar-refractivity contribution < 1.29 is 9.18 Å². The maximum absolute atomic E-state index is 13.8. The van der Waals surface area contributed by atoms with Gasteiger partial charge in [0.2, 0.25) is 0 Å². The minimum absolute atomic E-state index is 0.139. The Labute approximate surface area is 121 Å². The monoisotopic (exact) mass is 328 g/mol. The van der Waals surface area contributed by atoms with E-state index >= 15 is 0 Å². The van der Waals surface area contributed by atoms with Crippen molar-refractivity contribution in [2.75, 3.05) is 26.2 Å². The number of hydrogen-bond acceptors (Lipinski definition) is 2. The van der Waals surface area contributed by atoms with Gasteiger partial charge in [-0.25, -0.2) is 4.39 Å². The van der Waals surface area contributed by atoms with Crippen molar-refractivity contribution in [1.82, 2.24) is 9.80 Å². The molecule has 0 aliphatic carbocycles. The molecule has 0 spiro atoms. The highest BCUT2D eigenvalue weighted by molar-refractivity contribution is 9.10. The number of piperazine rings is 1. The summed E-state index contributed by atoms with van der Waals surface area (Å²) in [6.45, 7) is 7.27. The number of hydrogen-bond donors (Lipinski definition) is 0. The van der Waals surface area contributed by atoms with E-state index in [1.807, 2.05) is 0 Å². The first-order valence-corrected chi connectivity index (χ1v) is 7.27. The molecule has 3 nitrogen and oxygen atoms in total. The third-order valence-electron chi connectivity index (χ3n) is 3.51. The average Bonchev–Trinajstić information content (AvgIpc) is 2.38. The standard InChI is InChI=1S/C14H18BrFN2O/c1-10(2)17-6-8-18(9-7-17)14(19)13-11(15)4-3-5-12(13)16/h3-5,10H,6-9H2,1-2H3. The van der Waals surface area contributed by atoms with Gasteiger partial charge < -0.3 is 4.90 Å². The molecule has 0 atom stereocenters. The van der Waals surface area contributed by atoms with Gasteiger partial charge in [0.1, 0.15) is 5.82 Å². The molecule has 0 bridgehead atoms. The molecule has 1 fully saturated rings. The molecule has 2 rings (SSSR count). The van der Waals surface area contributed by atoms with Crippen LogP contribution in [-0.4, -0.2) is 47.9 Å². The van der Waals surface area contributed by atoms with Crippen molar-refractivity contribution in [2.45, 2.75) is 19.9 Å². The Balaban J connectivity index is 2.10. The van der Waals surface area contributed by atoms with Crippen LogP contribution in [0.4, 0.5) is 4.39 Å². The molecule has 1 aromatic rings. The second kappa shape index (κ2) is 6.01. The molecular formula is C14H18BrFN2O. The second-order valence-corrected chi connectivity index (χ2v) is 5.87. The minimum Gasteiger partial charge on any atom is -0.336 e. The number of nitrogens with zero attached hydrogens (tertiary/aromatic N) is 2. The van der Waals surface area contributed by atoms with Gasteiger partial charge >= 0.3 is 0 Å². The van der Waals surface area contributed by atoms with Crippen molar-refractivity contribution in [3.63, 3.8) is 0 Å². The van der Waals surface area contributed by atoms with E-state index in [2.05, 4.69) is 34.7 Å². The highest BCUT2D eigenvalue weighted by atomic mass is 79.9. The van der Waals surface area contributed by atoms with Gasteiger partial charge in [-0.05, 0) is 41.9 Å². The van der Waals surface area contributed by atoms with Gasteiger partial charge in [-0.15, -0.1) is 0 Å². The van der Waals surface area contributed by atoms with E-state index in [0.717, 1.165) is 13.1 Å². The van der Waals surface area contributed by atoms with Crippen molar-refractivity contribution >= 4 is 21.8 Å². The normalized spacial score (nSPS) is 17.0. The van der Waals surface area contributed by atoms with Crippen molar-refractivity contribution in [2.24, 2.45) is 0 Å². The molecule has 5 heteroatoms. The Bertz CT molecular complexity index is 450. The van der Waals surface area contributed by atoms with Crippen LogP contribution in [0.2, 0.25) is 0 Å². The van der Waals surface area contributed by atoms with E-state index in [1.165, 1.54) is 6.07 Å². The first-order chi connectivity index (χ1) is 9.00. The van der Waals surface area contributed by atoms with Gasteiger partial charge in [-0.3, -0.25) is 9.69 Å². The maximum Gasteiger partial charge on any atom is 0.258 e. The molecule has 0 unspecified atom stereocenters. The highest BCUT2D eigenvalue weighted by Gasteiger charge is 2.26. The van der Waals surface area contributed by atoms with Crippen LogP contribution in [-0.2, 0) is 0 Å². The van der Waals surface area contributed by atoms with Gasteiger partial charge in [0.15, 0.2) is 0 Å². The molecule has 104 valence electrons. The number of rotatable bonds is 2. The maximum atomic E-state index is 13.8. The Kier molecular flexibility index (Phi) is 4.58. The zero-order valence-electron chi connectivity index (χ0n) is 11.2. The number of carbonyl (C=O) groups excluding carboxylic acids is 1. The molecule has 19 heavy (non-hydrogen) atoms. The van der Waals surface area contributed by atoms with E-state index < -0.39 is 5.82 Å². The molecule has 1 aliphatic rings. The zero-order valence-corrected chi connectivity index (χ0v) is 12.8. The summed E-state index contributed by atoms with van der Waals surface area (Å²) < 4.78 is 14.3. The van der Waals surface area contributed by atoms with Gasteiger partial charge in [-0.2, -0.15) is 0 Å². The minimum atomic E-state index is -0.467. The predicted octanol–water partition coefficient (Wildman–Crippen LogP) is 2.75. The fourth-order valence-corrected chi connectivity index (χ4v) is 2.81. The Hall–Kier alpha value is -0.940. The Morgan fingerprint density at radius 1 is 1.26 bits per heavy atom. The summed E-state index contributed by atoms with van der Waals surface area (Å²) in [6.07, 6.45) is 0. The third-order valence-corrected chi connectivity index (χ3v) is 4.17. The van der Waals surface area contributed by atoms with E-state index in [1.54, 1.807) is 17.0 Å². The van der Waals surface area contributed by atoms with Crippen LogP contribution in [0, 0.1) is 5.82 Å². The van der Waals surface area contributed by atoms with E-state index in [0.29, 0.717) is 23.6 Å². The van der Waals surface area contributed by atoms with Crippen LogP contribution >= 0.6 is 15.9 Å². The van der Waals surface area contributed by atoms with Crippen molar-refractivity contribution in [1.29, 1.82) is 0 Å². The van der Waals surface area contributed by atoms with Crippen LogP contribution in [0.1, 0.15) is 24.2 Å². The summed E-state index contributed by atoms with van der Waals surface area (Å²) in [6, 6.07) is 5.09. The predicted molar refractivity (Wildman–Crippen MR) is 76.7 cm³/mol. The number of amides is 1. The van der Waals surface area contributed by atoms with Crippen molar-refractivity contribution in [3.05, 3.63) is 34.1 Å². The second-order valence-electron chi connectivity index (χ2n) is 5.02. The molecule has 0 saturated carbocycles. The lowest BCUT2D eigenvalue weighted by molar-refractivity contribution is 0.0590. The molecule has 1 saturated heterocycles. The quantitative estimate of drug-likeness (QED) is 0.833. The van der Waals surface area contributed by atoms with Gasteiger partial charge in [-0.1, -0.05) is 6.07 Å². The fraction of sp³-hybridized carbons (Fsp3) is 0.500. The largest absolute Gasteiger partial charge is 0.336 e. The van der Waals surface area contributed by atoms with Crippen LogP contribution in [0.15, 0.2) is 22.7 Å². The van der Waals surface area contributed by atoms with Gasteiger partial charge in [0, 0.05) is 36.7 Å². The fourth-order valence-electron chi connectivity index (χ4n) is 2.30. The average molecular weight is 329 g/mol. The summed E-state index contributed by atoms with van der Waals surface area (Å²) in [7, 11) is 0. The summed E-state index contributed by atoms with van der Waals surface area (Å²) in [5, 5.41) is 0. The lowest BCUT2D eigenvalue weighted by atomic mass is 10.1. The SMILES string of the molecule is CC(C)N1CCN(C(=O)c2c(F)cccc2Br)CC1. The van der Waals surface area contributed by atoms with Crippen molar-refractivity contribution in [3.8, 4) is 0 Å². The smallest absolute Gasteiger partial charge is 0.258 e. The van der Waals surface area contributed by atoms with Crippen LogP contribution in [0.3, 0.4) is 0 Å². The molecule has 0 N–H and O–H groups in total. The van der Waals surface area contributed by atoms with Gasteiger partial charge in [0.05, 0.1) is 5.56 Å².